The van der Waals surface area contributed by atoms with Gasteiger partial charge in [-0.1, -0.05) is 25.5 Å². The Labute approximate surface area is 105 Å². The normalized spacial score (nSPS) is 23.2. The molecule has 0 spiro atoms. The number of hydrogen-bond donors (Lipinski definition) is 1. The van der Waals surface area contributed by atoms with Gasteiger partial charge in [0, 0.05) is 25.3 Å². The van der Waals surface area contributed by atoms with E-state index >= 15 is 0 Å². The highest BCUT2D eigenvalue weighted by atomic mass is 15.1. The molecular weight excluding hydrogens is 208 g/mol. The monoisotopic (exact) mass is 232 g/mol. The van der Waals surface area contributed by atoms with Gasteiger partial charge in [-0.25, -0.2) is 0 Å². The smallest absolute Gasteiger partial charge is 0.0363 e. The maximum atomic E-state index is 5.82. The van der Waals surface area contributed by atoms with E-state index in [1.807, 2.05) is 0 Å². The lowest BCUT2D eigenvalue weighted by atomic mass is 9.80. The third kappa shape index (κ3) is 3.22. The third-order valence-electron chi connectivity index (χ3n) is 3.72. The zero-order valence-electron chi connectivity index (χ0n) is 11.0. The van der Waals surface area contributed by atoms with E-state index in [1.54, 1.807) is 0 Å². The average Bonchev–Trinajstić information content (AvgIpc) is 2.28. The quantitative estimate of drug-likeness (QED) is 0.846. The summed E-state index contributed by atoms with van der Waals surface area (Å²) in [5.41, 5.74) is 8.58. The van der Waals surface area contributed by atoms with Crippen LogP contribution in [0.5, 0.6) is 0 Å². The third-order valence-corrected chi connectivity index (χ3v) is 3.72. The Morgan fingerprint density at radius 3 is 2.41 bits per heavy atom. The number of nitrogens with zero attached hydrogens (tertiary/aromatic N) is 1. The second kappa shape index (κ2) is 5.54. The molecule has 1 fully saturated rings. The van der Waals surface area contributed by atoms with Crippen LogP contribution in [0, 0.1) is 5.92 Å². The predicted molar refractivity (Wildman–Crippen MR) is 74.4 cm³/mol. The van der Waals surface area contributed by atoms with Crippen molar-refractivity contribution in [2.24, 2.45) is 11.7 Å². The van der Waals surface area contributed by atoms with Crippen LogP contribution in [0.4, 0.5) is 5.69 Å². The van der Waals surface area contributed by atoms with E-state index in [4.69, 9.17) is 5.73 Å². The molecule has 0 bridgehead atoms. The highest BCUT2D eigenvalue weighted by molar-refractivity contribution is 5.47. The van der Waals surface area contributed by atoms with Crippen LogP contribution in [0.2, 0.25) is 0 Å². The van der Waals surface area contributed by atoms with Crippen molar-refractivity contribution >= 4 is 5.69 Å². The standard InChI is InChI=1S/C15H24N2/c1-3-4-12-5-7-15(8-6-12)17(2)11-13-9-14(16)10-13/h5-8,13-14H,3-4,9-11,16H2,1-2H3. The maximum Gasteiger partial charge on any atom is 0.0363 e. The average molecular weight is 232 g/mol. The van der Waals surface area contributed by atoms with Crippen molar-refractivity contribution in [1.29, 1.82) is 0 Å². The van der Waals surface area contributed by atoms with Gasteiger partial charge in [0.1, 0.15) is 0 Å². The maximum absolute atomic E-state index is 5.82. The second-order valence-corrected chi connectivity index (χ2v) is 5.39. The molecule has 1 aromatic rings. The van der Waals surface area contributed by atoms with Crippen LogP contribution in [-0.2, 0) is 6.42 Å². The first-order valence-corrected chi connectivity index (χ1v) is 6.74. The molecule has 2 N–H and O–H groups in total. The molecule has 0 aromatic heterocycles. The SMILES string of the molecule is CCCc1ccc(N(C)CC2CC(N)C2)cc1. The number of rotatable bonds is 5. The summed E-state index contributed by atoms with van der Waals surface area (Å²) in [5.74, 6) is 0.797. The van der Waals surface area contributed by atoms with Crippen LogP contribution in [0.25, 0.3) is 0 Å². The predicted octanol–water partition coefficient (Wildman–Crippen LogP) is 2.81. The first-order valence-electron chi connectivity index (χ1n) is 6.74. The van der Waals surface area contributed by atoms with Crippen molar-refractivity contribution in [3.8, 4) is 0 Å². The van der Waals surface area contributed by atoms with Gasteiger partial charge in [-0.05, 0) is 42.9 Å². The number of aryl methyl sites for hydroxylation is 1. The summed E-state index contributed by atoms with van der Waals surface area (Å²) in [5, 5.41) is 0. The highest BCUT2D eigenvalue weighted by Gasteiger charge is 2.26. The summed E-state index contributed by atoms with van der Waals surface area (Å²) >= 11 is 0. The fraction of sp³-hybridized carbons (Fsp3) is 0.600. The van der Waals surface area contributed by atoms with Crippen LogP contribution in [-0.4, -0.2) is 19.6 Å². The minimum atomic E-state index is 0.459. The number of nitrogens with two attached hydrogens (primary N) is 1. The summed E-state index contributed by atoms with van der Waals surface area (Å²) in [6.45, 7) is 3.36. The van der Waals surface area contributed by atoms with E-state index in [2.05, 4.69) is 43.1 Å². The van der Waals surface area contributed by atoms with Crippen LogP contribution in [0.1, 0.15) is 31.7 Å². The van der Waals surface area contributed by atoms with Gasteiger partial charge < -0.3 is 10.6 Å². The molecule has 0 aliphatic heterocycles. The van der Waals surface area contributed by atoms with Crippen molar-refractivity contribution in [2.75, 3.05) is 18.5 Å². The molecule has 0 amide bonds. The lowest BCUT2D eigenvalue weighted by molar-refractivity contribution is 0.271. The fourth-order valence-electron chi connectivity index (χ4n) is 2.63. The van der Waals surface area contributed by atoms with Gasteiger partial charge in [0.15, 0.2) is 0 Å². The molecule has 1 aromatic carbocycles. The Kier molecular flexibility index (Phi) is 4.06. The van der Waals surface area contributed by atoms with Crippen molar-refractivity contribution in [1.82, 2.24) is 0 Å². The molecular formula is C15H24N2. The number of hydrogen-bond acceptors (Lipinski definition) is 2. The summed E-state index contributed by atoms with van der Waals surface area (Å²) < 4.78 is 0. The highest BCUT2D eigenvalue weighted by Crippen LogP contribution is 2.27. The Morgan fingerprint density at radius 1 is 1.24 bits per heavy atom. The van der Waals surface area contributed by atoms with Crippen molar-refractivity contribution < 1.29 is 0 Å². The summed E-state index contributed by atoms with van der Waals surface area (Å²) in [6, 6.07) is 9.44. The van der Waals surface area contributed by atoms with Crippen molar-refractivity contribution in [3.05, 3.63) is 29.8 Å². The Morgan fingerprint density at radius 2 is 1.88 bits per heavy atom. The van der Waals surface area contributed by atoms with Crippen LogP contribution >= 0.6 is 0 Å². The minimum absolute atomic E-state index is 0.459. The number of anilines is 1. The van der Waals surface area contributed by atoms with Gasteiger partial charge in [0.2, 0.25) is 0 Å². The van der Waals surface area contributed by atoms with Gasteiger partial charge in [0.05, 0.1) is 0 Å². The molecule has 2 rings (SSSR count). The molecule has 2 heteroatoms. The molecule has 1 aliphatic carbocycles. The van der Waals surface area contributed by atoms with Crippen LogP contribution in [0.15, 0.2) is 24.3 Å². The Bertz CT molecular complexity index is 338. The number of benzene rings is 1. The van der Waals surface area contributed by atoms with Crippen molar-refractivity contribution in [3.63, 3.8) is 0 Å². The van der Waals surface area contributed by atoms with Gasteiger partial charge in [-0.3, -0.25) is 0 Å². The van der Waals surface area contributed by atoms with Crippen LogP contribution < -0.4 is 10.6 Å². The second-order valence-electron chi connectivity index (χ2n) is 5.39. The molecule has 2 nitrogen and oxygen atoms in total. The first kappa shape index (κ1) is 12.4. The molecule has 0 radical (unpaired) electrons. The lowest BCUT2D eigenvalue weighted by Crippen LogP contribution is -2.41. The van der Waals surface area contributed by atoms with Gasteiger partial charge in [0.25, 0.3) is 0 Å². The molecule has 94 valence electrons. The molecule has 1 saturated carbocycles. The molecule has 0 unspecified atom stereocenters. The largest absolute Gasteiger partial charge is 0.374 e. The summed E-state index contributed by atoms with van der Waals surface area (Å²) in [6.07, 6.45) is 4.78. The van der Waals surface area contributed by atoms with E-state index in [1.165, 1.54) is 36.9 Å². The molecule has 17 heavy (non-hydrogen) atoms. The summed E-state index contributed by atoms with van der Waals surface area (Å²) in [7, 11) is 2.18. The Balaban J connectivity index is 1.87. The first-order chi connectivity index (χ1) is 8.19. The zero-order valence-corrected chi connectivity index (χ0v) is 11.0. The zero-order chi connectivity index (χ0) is 12.3. The van der Waals surface area contributed by atoms with E-state index < -0.39 is 0 Å². The van der Waals surface area contributed by atoms with E-state index in [-0.39, 0.29) is 0 Å². The summed E-state index contributed by atoms with van der Waals surface area (Å²) in [4.78, 5) is 2.35. The van der Waals surface area contributed by atoms with E-state index in [0.717, 1.165) is 12.5 Å². The lowest BCUT2D eigenvalue weighted by Gasteiger charge is -2.36. The Hall–Kier alpha value is -1.02. The minimum Gasteiger partial charge on any atom is -0.374 e. The van der Waals surface area contributed by atoms with E-state index in [0.29, 0.717) is 6.04 Å². The van der Waals surface area contributed by atoms with Gasteiger partial charge in [-0.15, -0.1) is 0 Å². The van der Waals surface area contributed by atoms with Crippen molar-refractivity contribution in [2.45, 2.75) is 38.6 Å². The van der Waals surface area contributed by atoms with Gasteiger partial charge in [-0.2, -0.15) is 0 Å². The van der Waals surface area contributed by atoms with Crippen LogP contribution in [0.3, 0.4) is 0 Å². The molecule has 0 atom stereocenters. The fourth-order valence-corrected chi connectivity index (χ4v) is 2.63. The van der Waals surface area contributed by atoms with Gasteiger partial charge >= 0.3 is 0 Å². The molecule has 0 saturated heterocycles. The topological polar surface area (TPSA) is 29.3 Å². The molecule has 1 aliphatic rings. The molecule has 0 heterocycles. The van der Waals surface area contributed by atoms with E-state index in [9.17, 15) is 0 Å².